The molecule has 2 nitrogen and oxygen atoms in total. The third-order valence-corrected chi connectivity index (χ3v) is 2.71. The zero-order chi connectivity index (χ0) is 9.26. The van der Waals surface area contributed by atoms with E-state index in [9.17, 15) is 0 Å². The second-order valence-electron chi connectivity index (χ2n) is 3.66. The normalized spacial score (nSPS) is 15.5. The van der Waals surface area contributed by atoms with E-state index in [1.807, 2.05) is 0 Å². The fourth-order valence-corrected chi connectivity index (χ4v) is 1.77. The minimum Gasteiger partial charge on any atom is -0.269 e. The highest BCUT2D eigenvalue weighted by atomic mass is 15.3. The van der Waals surface area contributed by atoms with Crippen LogP contribution in [0.1, 0.15) is 37.6 Å². The van der Waals surface area contributed by atoms with E-state index in [0.29, 0.717) is 0 Å². The Morgan fingerprint density at radius 2 is 2.46 bits per heavy atom. The molecule has 2 rings (SSSR count). The SMILES string of the molecule is C=C(CC)c1cc2n(n1)CCCC2. The number of aryl methyl sites for hydroxylation is 2. The van der Waals surface area contributed by atoms with Gasteiger partial charge in [0, 0.05) is 12.2 Å². The Morgan fingerprint density at radius 1 is 1.62 bits per heavy atom. The Kier molecular flexibility index (Phi) is 2.21. The molecule has 0 saturated heterocycles. The Labute approximate surface area is 79.3 Å². The minimum absolute atomic E-state index is 0.996. The van der Waals surface area contributed by atoms with Crippen LogP contribution in [0.3, 0.4) is 0 Å². The van der Waals surface area contributed by atoms with Crippen molar-refractivity contribution < 1.29 is 0 Å². The third-order valence-electron chi connectivity index (χ3n) is 2.71. The predicted molar refractivity (Wildman–Crippen MR) is 54.5 cm³/mol. The van der Waals surface area contributed by atoms with Crippen molar-refractivity contribution in [1.29, 1.82) is 0 Å². The maximum atomic E-state index is 4.54. The van der Waals surface area contributed by atoms with Crippen LogP contribution in [0.5, 0.6) is 0 Å². The fourth-order valence-electron chi connectivity index (χ4n) is 1.77. The molecule has 1 aliphatic rings. The molecule has 0 saturated carbocycles. The molecule has 2 heterocycles. The predicted octanol–water partition coefficient (Wildman–Crippen LogP) is 2.64. The molecule has 70 valence electrons. The molecule has 0 fully saturated rings. The van der Waals surface area contributed by atoms with E-state index in [2.05, 4.69) is 29.3 Å². The lowest BCUT2D eigenvalue weighted by molar-refractivity contribution is 0.485. The molecule has 0 aliphatic carbocycles. The lowest BCUT2D eigenvalue weighted by atomic mass is 10.1. The van der Waals surface area contributed by atoms with E-state index in [1.165, 1.54) is 25.0 Å². The number of rotatable bonds is 2. The van der Waals surface area contributed by atoms with Crippen molar-refractivity contribution in [1.82, 2.24) is 9.78 Å². The first-order valence-corrected chi connectivity index (χ1v) is 5.06. The average molecular weight is 176 g/mol. The molecule has 0 atom stereocenters. The van der Waals surface area contributed by atoms with Crippen LogP contribution in [-0.4, -0.2) is 9.78 Å². The van der Waals surface area contributed by atoms with Crippen molar-refractivity contribution in [2.45, 2.75) is 39.2 Å². The maximum absolute atomic E-state index is 4.54. The number of allylic oxidation sites excluding steroid dienone is 1. The first-order valence-electron chi connectivity index (χ1n) is 5.06. The highest BCUT2D eigenvalue weighted by molar-refractivity contribution is 5.59. The van der Waals surface area contributed by atoms with Crippen molar-refractivity contribution in [3.63, 3.8) is 0 Å². The molecule has 0 radical (unpaired) electrons. The number of hydrogen-bond donors (Lipinski definition) is 0. The molecular weight excluding hydrogens is 160 g/mol. The van der Waals surface area contributed by atoms with Gasteiger partial charge in [0.05, 0.1) is 5.69 Å². The monoisotopic (exact) mass is 176 g/mol. The van der Waals surface area contributed by atoms with Crippen LogP contribution < -0.4 is 0 Å². The van der Waals surface area contributed by atoms with Crippen molar-refractivity contribution in [2.24, 2.45) is 0 Å². The van der Waals surface area contributed by atoms with Crippen molar-refractivity contribution in [3.8, 4) is 0 Å². The summed E-state index contributed by atoms with van der Waals surface area (Å²) in [6.07, 6.45) is 4.76. The average Bonchev–Trinajstić information content (AvgIpc) is 2.59. The number of aromatic nitrogens is 2. The van der Waals surface area contributed by atoms with Gasteiger partial charge in [-0.25, -0.2) is 0 Å². The Hall–Kier alpha value is -1.05. The summed E-state index contributed by atoms with van der Waals surface area (Å²) in [4.78, 5) is 0. The zero-order valence-electron chi connectivity index (χ0n) is 8.21. The van der Waals surface area contributed by atoms with Crippen LogP contribution in [0.15, 0.2) is 12.6 Å². The summed E-state index contributed by atoms with van der Waals surface area (Å²) in [6, 6.07) is 2.20. The minimum atomic E-state index is 0.996. The summed E-state index contributed by atoms with van der Waals surface area (Å²) in [6.45, 7) is 7.23. The van der Waals surface area contributed by atoms with Crippen LogP contribution in [-0.2, 0) is 13.0 Å². The second-order valence-corrected chi connectivity index (χ2v) is 3.66. The van der Waals surface area contributed by atoms with E-state index in [0.717, 1.165) is 24.2 Å². The number of fused-ring (bicyclic) bond motifs is 1. The van der Waals surface area contributed by atoms with E-state index in [-0.39, 0.29) is 0 Å². The van der Waals surface area contributed by atoms with Gasteiger partial charge in [-0.3, -0.25) is 4.68 Å². The lowest BCUT2D eigenvalue weighted by Crippen LogP contribution is -2.10. The topological polar surface area (TPSA) is 17.8 Å². The molecule has 1 aliphatic heterocycles. The van der Waals surface area contributed by atoms with Crippen molar-refractivity contribution in [2.75, 3.05) is 0 Å². The van der Waals surface area contributed by atoms with Gasteiger partial charge in [0.1, 0.15) is 0 Å². The number of nitrogens with zero attached hydrogens (tertiary/aromatic N) is 2. The van der Waals surface area contributed by atoms with E-state index < -0.39 is 0 Å². The van der Waals surface area contributed by atoms with Gasteiger partial charge in [-0.1, -0.05) is 13.5 Å². The molecule has 1 aromatic heterocycles. The summed E-state index contributed by atoms with van der Waals surface area (Å²) >= 11 is 0. The van der Waals surface area contributed by atoms with E-state index in [4.69, 9.17) is 0 Å². The van der Waals surface area contributed by atoms with Crippen LogP contribution >= 0.6 is 0 Å². The van der Waals surface area contributed by atoms with Crippen LogP contribution in [0, 0.1) is 0 Å². The van der Waals surface area contributed by atoms with Gasteiger partial charge >= 0.3 is 0 Å². The summed E-state index contributed by atoms with van der Waals surface area (Å²) in [7, 11) is 0. The Balaban J connectivity index is 2.30. The highest BCUT2D eigenvalue weighted by Crippen LogP contribution is 2.20. The van der Waals surface area contributed by atoms with Crippen LogP contribution in [0.2, 0.25) is 0 Å². The molecule has 2 heteroatoms. The molecular formula is C11H16N2. The first kappa shape index (κ1) is 8.54. The molecule has 0 bridgehead atoms. The van der Waals surface area contributed by atoms with Gasteiger partial charge in [-0.15, -0.1) is 0 Å². The first-order chi connectivity index (χ1) is 6.31. The highest BCUT2D eigenvalue weighted by Gasteiger charge is 2.12. The van der Waals surface area contributed by atoms with Crippen molar-refractivity contribution in [3.05, 3.63) is 24.0 Å². The van der Waals surface area contributed by atoms with Gasteiger partial charge in [0.15, 0.2) is 0 Å². The maximum Gasteiger partial charge on any atom is 0.0879 e. The summed E-state index contributed by atoms with van der Waals surface area (Å²) < 4.78 is 2.14. The summed E-state index contributed by atoms with van der Waals surface area (Å²) in [5, 5.41) is 4.54. The van der Waals surface area contributed by atoms with Gasteiger partial charge in [0.2, 0.25) is 0 Å². The van der Waals surface area contributed by atoms with Crippen LogP contribution in [0.25, 0.3) is 5.57 Å². The molecule has 0 unspecified atom stereocenters. The second kappa shape index (κ2) is 3.36. The van der Waals surface area contributed by atoms with Gasteiger partial charge in [-0.05, 0) is 37.3 Å². The Morgan fingerprint density at radius 3 is 3.15 bits per heavy atom. The molecule has 0 spiro atoms. The smallest absolute Gasteiger partial charge is 0.0879 e. The quantitative estimate of drug-likeness (QED) is 0.677. The van der Waals surface area contributed by atoms with Crippen molar-refractivity contribution >= 4 is 5.57 Å². The number of hydrogen-bond acceptors (Lipinski definition) is 1. The van der Waals surface area contributed by atoms with Crippen LogP contribution in [0.4, 0.5) is 0 Å². The molecule has 13 heavy (non-hydrogen) atoms. The summed E-state index contributed by atoms with van der Waals surface area (Å²) in [5.41, 5.74) is 3.64. The third kappa shape index (κ3) is 1.53. The van der Waals surface area contributed by atoms with Gasteiger partial charge in [-0.2, -0.15) is 5.10 Å². The standard InChI is InChI=1S/C11H16N2/c1-3-9(2)11-8-10-6-4-5-7-13(10)12-11/h8H,2-7H2,1H3. The molecule has 0 aromatic carbocycles. The Bertz CT molecular complexity index is 299. The van der Waals surface area contributed by atoms with Gasteiger partial charge < -0.3 is 0 Å². The summed E-state index contributed by atoms with van der Waals surface area (Å²) in [5.74, 6) is 0. The van der Waals surface area contributed by atoms with E-state index >= 15 is 0 Å². The molecule has 0 N–H and O–H groups in total. The zero-order valence-corrected chi connectivity index (χ0v) is 8.21. The van der Waals surface area contributed by atoms with E-state index in [1.54, 1.807) is 0 Å². The largest absolute Gasteiger partial charge is 0.269 e. The van der Waals surface area contributed by atoms with Gasteiger partial charge in [0.25, 0.3) is 0 Å². The molecule has 0 amide bonds. The fraction of sp³-hybridized carbons (Fsp3) is 0.545. The molecule has 1 aromatic rings. The lowest BCUT2D eigenvalue weighted by Gasteiger charge is -2.11.